The van der Waals surface area contributed by atoms with E-state index in [0.29, 0.717) is 12.8 Å². The van der Waals surface area contributed by atoms with Gasteiger partial charge in [0.15, 0.2) is 0 Å². The number of rotatable bonds is 14. The Morgan fingerprint density at radius 3 is 2.00 bits per heavy atom. The minimum Gasteiger partial charge on any atom is -0.481 e. The number of allylic oxidation sites excluding steroid dienone is 9. The van der Waals surface area contributed by atoms with Gasteiger partial charge in [-0.25, -0.2) is 0 Å². The molecule has 144 valence electrons. The first kappa shape index (κ1) is 23.8. The molecule has 0 fully saturated rings. The van der Waals surface area contributed by atoms with Crippen molar-refractivity contribution in [1.82, 2.24) is 0 Å². The van der Waals surface area contributed by atoms with Crippen molar-refractivity contribution in [2.45, 2.75) is 57.7 Å². The summed E-state index contributed by atoms with van der Waals surface area (Å²) in [5, 5.41) is 27.6. The van der Waals surface area contributed by atoms with E-state index in [9.17, 15) is 15.0 Å². The highest BCUT2D eigenvalue weighted by Crippen LogP contribution is 1.99. The average Bonchev–Trinajstić information content (AvgIpc) is 2.61. The van der Waals surface area contributed by atoms with Crippen LogP contribution in [-0.4, -0.2) is 33.5 Å². The third kappa shape index (κ3) is 18.2. The van der Waals surface area contributed by atoms with Crippen molar-refractivity contribution in [2.24, 2.45) is 0 Å². The third-order valence-electron chi connectivity index (χ3n) is 3.36. The van der Waals surface area contributed by atoms with Crippen LogP contribution in [0.5, 0.6) is 0 Å². The van der Waals surface area contributed by atoms with Crippen LogP contribution in [0.3, 0.4) is 0 Å². The van der Waals surface area contributed by atoms with Gasteiger partial charge in [-0.1, -0.05) is 79.8 Å². The van der Waals surface area contributed by atoms with Gasteiger partial charge in [0, 0.05) is 6.42 Å². The predicted molar refractivity (Wildman–Crippen MR) is 108 cm³/mol. The number of aliphatic carboxylic acids is 1. The number of carboxylic acids is 1. The highest BCUT2D eigenvalue weighted by Gasteiger charge is 1.93. The number of hydrogen-bond donors (Lipinski definition) is 3. The lowest BCUT2D eigenvalue weighted by atomic mass is 10.2. The van der Waals surface area contributed by atoms with Gasteiger partial charge >= 0.3 is 5.97 Å². The summed E-state index contributed by atoms with van der Waals surface area (Å²) in [6, 6.07) is 0. The molecular formula is C22H32O4. The Morgan fingerprint density at radius 2 is 1.38 bits per heavy atom. The molecule has 0 aromatic rings. The molecule has 0 aromatic carbocycles. The molecule has 0 aliphatic heterocycles. The quantitative estimate of drug-likeness (QED) is 0.315. The van der Waals surface area contributed by atoms with Gasteiger partial charge in [-0.05, 0) is 32.1 Å². The van der Waals surface area contributed by atoms with E-state index >= 15 is 0 Å². The van der Waals surface area contributed by atoms with Gasteiger partial charge < -0.3 is 15.3 Å². The topological polar surface area (TPSA) is 77.8 Å². The monoisotopic (exact) mass is 360 g/mol. The summed E-state index contributed by atoms with van der Waals surface area (Å²) < 4.78 is 0. The Kier molecular flexibility index (Phi) is 16.2. The predicted octanol–water partition coefficient (Wildman–Crippen LogP) is 4.49. The lowest BCUT2D eigenvalue weighted by molar-refractivity contribution is -0.136. The lowest BCUT2D eigenvalue weighted by Crippen LogP contribution is -1.98. The van der Waals surface area contributed by atoms with Crippen molar-refractivity contribution in [3.8, 4) is 0 Å². The van der Waals surface area contributed by atoms with Crippen LogP contribution in [0, 0.1) is 0 Å². The number of carboxylic acid groups (broad SMARTS) is 1. The lowest BCUT2D eigenvalue weighted by Gasteiger charge is -1.98. The van der Waals surface area contributed by atoms with E-state index < -0.39 is 12.1 Å². The van der Waals surface area contributed by atoms with E-state index in [4.69, 9.17) is 5.11 Å². The summed E-state index contributed by atoms with van der Waals surface area (Å²) in [6.45, 7) is 1.93. The highest BCUT2D eigenvalue weighted by atomic mass is 16.4. The number of hydrogen-bond acceptors (Lipinski definition) is 3. The zero-order chi connectivity index (χ0) is 19.5. The van der Waals surface area contributed by atoms with Crippen LogP contribution in [0.4, 0.5) is 0 Å². The second-order valence-electron chi connectivity index (χ2n) is 5.75. The molecular weight excluding hydrogens is 328 g/mol. The first-order valence-electron chi connectivity index (χ1n) is 9.10. The molecule has 0 aliphatic carbocycles. The zero-order valence-corrected chi connectivity index (χ0v) is 15.6. The van der Waals surface area contributed by atoms with Crippen LogP contribution in [0.15, 0.2) is 72.9 Å². The second-order valence-corrected chi connectivity index (χ2v) is 5.75. The maximum absolute atomic E-state index is 10.3. The van der Waals surface area contributed by atoms with E-state index in [-0.39, 0.29) is 12.5 Å². The van der Waals surface area contributed by atoms with E-state index in [1.165, 1.54) is 0 Å². The summed E-state index contributed by atoms with van der Waals surface area (Å²) in [7, 11) is 0. The van der Waals surface area contributed by atoms with Gasteiger partial charge in [0.25, 0.3) is 0 Å². The Bertz CT molecular complexity index is 524. The smallest absolute Gasteiger partial charge is 0.303 e. The first-order chi connectivity index (χ1) is 12.6. The van der Waals surface area contributed by atoms with Crippen LogP contribution in [-0.2, 0) is 4.79 Å². The van der Waals surface area contributed by atoms with E-state index in [1.807, 2.05) is 67.7 Å². The van der Waals surface area contributed by atoms with Crippen LogP contribution < -0.4 is 0 Å². The average molecular weight is 360 g/mol. The molecule has 0 unspecified atom stereocenters. The van der Waals surface area contributed by atoms with Crippen LogP contribution in [0.1, 0.15) is 45.4 Å². The van der Waals surface area contributed by atoms with Gasteiger partial charge in [-0.15, -0.1) is 0 Å². The fourth-order valence-electron chi connectivity index (χ4n) is 1.82. The molecule has 0 rings (SSSR count). The summed E-state index contributed by atoms with van der Waals surface area (Å²) in [6.07, 6.45) is 25.2. The summed E-state index contributed by atoms with van der Waals surface area (Å²) in [5.41, 5.74) is 0. The van der Waals surface area contributed by atoms with Crippen molar-refractivity contribution in [3.63, 3.8) is 0 Å². The molecule has 3 N–H and O–H groups in total. The molecule has 0 saturated heterocycles. The highest BCUT2D eigenvalue weighted by molar-refractivity contribution is 5.66. The molecule has 0 aliphatic rings. The minimum absolute atomic E-state index is 0.158. The van der Waals surface area contributed by atoms with Gasteiger partial charge in [0.2, 0.25) is 0 Å². The van der Waals surface area contributed by atoms with Crippen LogP contribution in [0.25, 0.3) is 0 Å². The van der Waals surface area contributed by atoms with Crippen LogP contribution >= 0.6 is 0 Å². The van der Waals surface area contributed by atoms with Gasteiger partial charge in [-0.2, -0.15) is 0 Å². The summed E-state index contributed by atoms with van der Waals surface area (Å²) in [4.78, 5) is 10.3. The fourth-order valence-corrected chi connectivity index (χ4v) is 1.82. The Morgan fingerprint density at radius 1 is 0.808 bits per heavy atom. The number of aliphatic hydroxyl groups is 2. The molecule has 0 radical (unpaired) electrons. The third-order valence-corrected chi connectivity index (χ3v) is 3.36. The molecule has 4 nitrogen and oxygen atoms in total. The molecule has 0 heterocycles. The molecule has 0 aromatic heterocycles. The van der Waals surface area contributed by atoms with E-state index in [1.54, 1.807) is 12.2 Å². The van der Waals surface area contributed by atoms with Crippen LogP contribution in [0.2, 0.25) is 0 Å². The van der Waals surface area contributed by atoms with Crippen molar-refractivity contribution in [1.29, 1.82) is 0 Å². The van der Waals surface area contributed by atoms with Crippen molar-refractivity contribution in [3.05, 3.63) is 72.9 Å². The van der Waals surface area contributed by atoms with E-state index in [2.05, 4.69) is 0 Å². The van der Waals surface area contributed by atoms with Crippen molar-refractivity contribution >= 4 is 5.97 Å². The van der Waals surface area contributed by atoms with Gasteiger partial charge in [0.05, 0.1) is 12.2 Å². The Hall–Kier alpha value is -2.17. The molecule has 0 amide bonds. The maximum Gasteiger partial charge on any atom is 0.303 e. The van der Waals surface area contributed by atoms with Gasteiger partial charge in [-0.3, -0.25) is 4.79 Å². The molecule has 0 bridgehead atoms. The van der Waals surface area contributed by atoms with E-state index in [0.717, 1.165) is 19.3 Å². The molecule has 2 atom stereocenters. The standard InChI is InChI=1S/C22H32O4/c1-2-20(23)16-12-8-4-3-5-9-13-17-21(24)18-14-10-6-7-11-15-19-22(25)26/h4-5,7-14,16-17,20-21,23-24H,2-3,6,15,18-19H2,1H3,(H,25,26)/b8-4-,9-5-,11-7-,14-10-,16-12+,17-13-/t20-,21-/m0/s1. The Labute approximate surface area is 157 Å². The van der Waals surface area contributed by atoms with Crippen molar-refractivity contribution in [2.75, 3.05) is 0 Å². The maximum atomic E-state index is 10.3. The summed E-state index contributed by atoms with van der Waals surface area (Å²) >= 11 is 0. The Balaban J connectivity index is 3.80. The SMILES string of the molecule is CC[C@H](O)/C=C/C=C\C/C=C\C=C/[C@H](O)C/C=C\C/C=C\CCC(=O)O. The first-order valence-corrected chi connectivity index (χ1v) is 9.10. The number of carbonyl (C=O) groups is 1. The molecule has 0 saturated carbocycles. The molecule has 26 heavy (non-hydrogen) atoms. The largest absolute Gasteiger partial charge is 0.481 e. The molecule has 0 spiro atoms. The molecule has 4 heteroatoms. The summed E-state index contributed by atoms with van der Waals surface area (Å²) in [5.74, 6) is -0.783. The zero-order valence-electron chi connectivity index (χ0n) is 15.6. The minimum atomic E-state index is -0.783. The fraction of sp³-hybridized carbons (Fsp3) is 0.409. The van der Waals surface area contributed by atoms with Gasteiger partial charge in [0.1, 0.15) is 0 Å². The van der Waals surface area contributed by atoms with Crippen molar-refractivity contribution < 1.29 is 20.1 Å². The number of aliphatic hydroxyl groups excluding tert-OH is 2. The second kappa shape index (κ2) is 17.6. The normalized spacial score (nSPS) is 15.5.